The molecule has 0 aliphatic heterocycles. The van der Waals surface area contributed by atoms with Gasteiger partial charge in [0, 0.05) is 26.4 Å². The summed E-state index contributed by atoms with van der Waals surface area (Å²) < 4.78 is 11.1. The first-order valence-corrected chi connectivity index (χ1v) is 7.28. The number of ether oxygens (including phenoxy) is 2. The lowest BCUT2D eigenvalue weighted by molar-refractivity contribution is 0.0780. The Morgan fingerprint density at radius 1 is 0.588 bits per heavy atom. The van der Waals surface area contributed by atoms with Gasteiger partial charge in [0.1, 0.15) is 0 Å². The minimum atomic E-state index is 0.794. The van der Waals surface area contributed by atoms with Crippen molar-refractivity contribution in [3.63, 3.8) is 0 Å². The van der Waals surface area contributed by atoms with Crippen LogP contribution in [0.1, 0.15) is 59.8 Å². The second-order valence-corrected chi connectivity index (χ2v) is 5.65. The van der Waals surface area contributed by atoms with Crippen LogP contribution < -0.4 is 0 Å². The average Bonchev–Trinajstić information content (AvgIpc) is 2.25. The van der Waals surface area contributed by atoms with Gasteiger partial charge >= 0.3 is 0 Å². The normalized spacial score (nSPS) is 11.6. The van der Waals surface area contributed by atoms with Gasteiger partial charge in [0.25, 0.3) is 0 Å². The van der Waals surface area contributed by atoms with E-state index in [0.717, 1.165) is 44.7 Å². The van der Waals surface area contributed by atoms with Crippen LogP contribution in [0, 0.1) is 11.8 Å². The van der Waals surface area contributed by atoms with E-state index in [1.807, 2.05) is 0 Å². The summed E-state index contributed by atoms with van der Waals surface area (Å²) >= 11 is 0. The monoisotopic (exact) mass is 244 g/mol. The van der Waals surface area contributed by atoms with Gasteiger partial charge in [-0.1, -0.05) is 27.7 Å². The highest BCUT2D eigenvalue weighted by Gasteiger charge is 1.96. The van der Waals surface area contributed by atoms with Crippen LogP contribution in [0.15, 0.2) is 0 Å². The zero-order valence-electron chi connectivity index (χ0n) is 12.3. The third-order valence-electron chi connectivity index (χ3n) is 2.72. The lowest BCUT2D eigenvalue weighted by Gasteiger charge is -2.07. The SMILES string of the molecule is CC(C)CCCOCCCOCCCC(C)C. The fourth-order valence-electron chi connectivity index (χ4n) is 1.65. The second kappa shape index (κ2) is 12.4. The van der Waals surface area contributed by atoms with Gasteiger partial charge in [-0.2, -0.15) is 0 Å². The summed E-state index contributed by atoms with van der Waals surface area (Å²) in [6.45, 7) is 12.5. The zero-order valence-corrected chi connectivity index (χ0v) is 12.3. The van der Waals surface area contributed by atoms with Crippen molar-refractivity contribution in [2.24, 2.45) is 11.8 Å². The maximum atomic E-state index is 5.55. The van der Waals surface area contributed by atoms with Crippen molar-refractivity contribution in [1.29, 1.82) is 0 Å². The van der Waals surface area contributed by atoms with Gasteiger partial charge in [0.15, 0.2) is 0 Å². The van der Waals surface area contributed by atoms with E-state index in [0.29, 0.717) is 0 Å². The lowest BCUT2D eigenvalue weighted by atomic mass is 10.1. The van der Waals surface area contributed by atoms with Crippen molar-refractivity contribution in [1.82, 2.24) is 0 Å². The molecule has 0 saturated carbocycles. The highest BCUT2D eigenvalue weighted by Crippen LogP contribution is 2.04. The molecule has 0 aliphatic rings. The van der Waals surface area contributed by atoms with E-state index in [9.17, 15) is 0 Å². The maximum absolute atomic E-state index is 5.55. The fraction of sp³-hybridized carbons (Fsp3) is 1.00. The van der Waals surface area contributed by atoms with E-state index in [2.05, 4.69) is 27.7 Å². The maximum Gasteiger partial charge on any atom is 0.0487 e. The molecule has 0 saturated heterocycles. The van der Waals surface area contributed by atoms with E-state index in [1.54, 1.807) is 0 Å². The van der Waals surface area contributed by atoms with E-state index in [1.165, 1.54) is 25.7 Å². The van der Waals surface area contributed by atoms with Gasteiger partial charge in [-0.15, -0.1) is 0 Å². The summed E-state index contributed by atoms with van der Waals surface area (Å²) in [4.78, 5) is 0. The molecule has 0 bridgehead atoms. The molecular formula is C15H32O2. The van der Waals surface area contributed by atoms with Crippen molar-refractivity contribution in [3.8, 4) is 0 Å². The highest BCUT2D eigenvalue weighted by molar-refractivity contribution is 4.46. The minimum absolute atomic E-state index is 0.794. The quantitative estimate of drug-likeness (QED) is 0.477. The van der Waals surface area contributed by atoms with Crippen molar-refractivity contribution in [2.75, 3.05) is 26.4 Å². The summed E-state index contributed by atoms with van der Waals surface area (Å²) in [6, 6.07) is 0. The average molecular weight is 244 g/mol. The minimum Gasteiger partial charge on any atom is -0.381 e. The summed E-state index contributed by atoms with van der Waals surface area (Å²) in [5.41, 5.74) is 0. The molecule has 104 valence electrons. The molecule has 0 heterocycles. The molecule has 0 radical (unpaired) electrons. The van der Waals surface area contributed by atoms with Gasteiger partial charge < -0.3 is 9.47 Å². The first-order valence-electron chi connectivity index (χ1n) is 7.28. The third kappa shape index (κ3) is 15.9. The third-order valence-corrected chi connectivity index (χ3v) is 2.72. The molecule has 0 atom stereocenters. The van der Waals surface area contributed by atoms with Crippen LogP contribution in [0.2, 0.25) is 0 Å². The predicted octanol–water partition coefficient (Wildman–Crippen LogP) is 4.28. The molecular weight excluding hydrogens is 212 g/mol. The molecule has 0 aromatic carbocycles. The van der Waals surface area contributed by atoms with Crippen LogP contribution in [0.25, 0.3) is 0 Å². The van der Waals surface area contributed by atoms with E-state index in [-0.39, 0.29) is 0 Å². The molecule has 0 aliphatic carbocycles. The first kappa shape index (κ1) is 16.9. The van der Waals surface area contributed by atoms with E-state index >= 15 is 0 Å². The number of hydrogen-bond donors (Lipinski definition) is 0. The van der Waals surface area contributed by atoms with Crippen LogP contribution in [0.4, 0.5) is 0 Å². The predicted molar refractivity (Wildman–Crippen MR) is 74.4 cm³/mol. The van der Waals surface area contributed by atoms with E-state index < -0.39 is 0 Å². The van der Waals surface area contributed by atoms with Crippen LogP contribution in [0.3, 0.4) is 0 Å². The van der Waals surface area contributed by atoms with Crippen molar-refractivity contribution in [3.05, 3.63) is 0 Å². The number of rotatable bonds is 12. The summed E-state index contributed by atoms with van der Waals surface area (Å²) in [6.07, 6.45) is 5.95. The molecule has 17 heavy (non-hydrogen) atoms. The first-order chi connectivity index (χ1) is 8.13. The lowest BCUT2D eigenvalue weighted by Crippen LogP contribution is -2.04. The molecule has 0 unspecified atom stereocenters. The standard InChI is InChI=1S/C15H32O2/c1-14(2)8-5-10-16-12-7-13-17-11-6-9-15(3)4/h14-15H,5-13H2,1-4H3. The Morgan fingerprint density at radius 3 is 1.29 bits per heavy atom. The van der Waals surface area contributed by atoms with Crippen LogP contribution in [-0.4, -0.2) is 26.4 Å². The molecule has 0 N–H and O–H groups in total. The van der Waals surface area contributed by atoms with Crippen LogP contribution >= 0.6 is 0 Å². The van der Waals surface area contributed by atoms with Gasteiger partial charge in [-0.3, -0.25) is 0 Å². The van der Waals surface area contributed by atoms with Gasteiger partial charge in [-0.25, -0.2) is 0 Å². The Labute approximate surface area is 108 Å². The Balaban J connectivity index is 2.94. The zero-order chi connectivity index (χ0) is 12.9. The Hall–Kier alpha value is -0.0800. The summed E-state index contributed by atoms with van der Waals surface area (Å²) in [5, 5.41) is 0. The van der Waals surface area contributed by atoms with E-state index in [4.69, 9.17) is 9.47 Å². The highest BCUT2D eigenvalue weighted by atomic mass is 16.5. The largest absolute Gasteiger partial charge is 0.381 e. The molecule has 0 rings (SSSR count). The van der Waals surface area contributed by atoms with Gasteiger partial charge in [0.2, 0.25) is 0 Å². The molecule has 0 spiro atoms. The molecule has 2 heteroatoms. The van der Waals surface area contributed by atoms with Crippen molar-refractivity contribution in [2.45, 2.75) is 59.8 Å². The molecule has 0 aromatic rings. The number of hydrogen-bond acceptors (Lipinski definition) is 2. The Morgan fingerprint density at radius 2 is 0.941 bits per heavy atom. The summed E-state index contributed by atoms with van der Waals surface area (Å²) in [5.74, 6) is 1.59. The Kier molecular flexibility index (Phi) is 12.3. The second-order valence-electron chi connectivity index (χ2n) is 5.65. The topological polar surface area (TPSA) is 18.5 Å². The smallest absolute Gasteiger partial charge is 0.0487 e. The molecule has 0 amide bonds. The molecule has 0 fully saturated rings. The van der Waals surface area contributed by atoms with Crippen LogP contribution in [-0.2, 0) is 9.47 Å². The molecule has 0 aromatic heterocycles. The van der Waals surface area contributed by atoms with Gasteiger partial charge in [-0.05, 0) is 43.9 Å². The van der Waals surface area contributed by atoms with Crippen LogP contribution in [0.5, 0.6) is 0 Å². The van der Waals surface area contributed by atoms with Gasteiger partial charge in [0.05, 0.1) is 0 Å². The van der Waals surface area contributed by atoms with Crippen molar-refractivity contribution >= 4 is 0 Å². The Bertz CT molecular complexity index is 128. The molecule has 2 nitrogen and oxygen atoms in total. The summed E-state index contributed by atoms with van der Waals surface area (Å²) in [7, 11) is 0. The fourth-order valence-corrected chi connectivity index (χ4v) is 1.65. The van der Waals surface area contributed by atoms with Crippen molar-refractivity contribution < 1.29 is 9.47 Å².